The Morgan fingerprint density at radius 3 is 1.76 bits per heavy atom. The van der Waals surface area contributed by atoms with Crippen molar-refractivity contribution in [1.82, 2.24) is 0 Å². The predicted octanol–water partition coefficient (Wildman–Crippen LogP) is 13.5. The molecular formula is C49H32OS. The summed E-state index contributed by atoms with van der Waals surface area (Å²) >= 11 is 1.82. The van der Waals surface area contributed by atoms with Crippen LogP contribution in [0.5, 0.6) is 11.5 Å². The summed E-state index contributed by atoms with van der Waals surface area (Å²) in [4.78, 5) is 2.46. The van der Waals surface area contributed by atoms with Gasteiger partial charge in [-0.1, -0.05) is 170 Å². The third-order valence-electron chi connectivity index (χ3n) is 10.5. The molecule has 1 aliphatic heterocycles. The summed E-state index contributed by atoms with van der Waals surface area (Å²) in [6.07, 6.45) is 0. The predicted molar refractivity (Wildman–Crippen MR) is 214 cm³/mol. The number of hydrogen-bond donors (Lipinski definition) is 0. The van der Waals surface area contributed by atoms with Gasteiger partial charge in [-0.15, -0.1) is 11.3 Å². The number of ether oxygens (including phenoxy) is 1. The van der Waals surface area contributed by atoms with Gasteiger partial charge in [-0.05, 0) is 79.2 Å². The van der Waals surface area contributed by atoms with Crippen molar-refractivity contribution in [3.63, 3.8) is 0 Å². The van der Waals surface area contributed by atoms with Gasteiger partial charge in [0.05, 0.1) is 5.41 Å². The molecule has 1 aliphatic rings. The number of rotatable bonds is 5. The van der Waals surface area contributed by atoms with E-state index in [4.69, 9.17) is 4.74 Å². The fraction of sp³-hybridized carbons (Fsp3) is 0.0204. The van der Waals surface area contributed by atoms with Crippen molar-refractivity contribution < 1.29 is 4.74 Å². The van der Waals surface area contributed by atoms with Gasteiger partial charge in [0.2, 0.25) is 0 Å². The lowest BCUT2D eigenvalue weighted by atomic mass is 9.63. The average molecular weight is 669 g/mol. The third-order valence-corrected chi connectivity index (χ3v) is 11.7. The molecule has 1 nitrogen and oxygen atoms in total. The van der Waals surface area contributed by atoms with Crippen LogP contribution in [0.2, 0.25) is 0 Å². The van der Waals surface area contributed by atoms with E-state index in [-0.39, 0.29) is 0 Å². The van der Waals surface area contributed by atoms with Gasteiger partial charge < -0.3 is 4.74 Å². The summed E-state index contributed by atoms with van der Waals surface area (Å²) in [6, 6.07) is 70.2. The van der Waals surface area contributed by atoms with Crippen molar-refractivity contribution in [2.75, 3.05) is 0 Å². The van der Waals surface area contributed by atoms with Crippen LogP contribution in [0.4, 0.5) is 0 Å². The van der Waals surface area contributed by atoms with Gasteiger partial charge in [0.25, 0.3) is 0 Å². The molecule has 0 fully saturated rings. The highest BCUT2D eigenvalue weighted by Crippen LogP contribution is 2.56. The van der Waals surface area contributed by atoms with Crippen LogP contribution in [-0.4, -0.2) is 0 Å². The monoisotopic (exact) mass is 668 g/mol. The number of benzene rings is 8. The van der Waals surface area contributed by atoms with Crippen LogP contribution < -0.4 is 4.74 Å². The summed E-state index contributed by atoms with van der Waals surface area (Å²) in [6.45, 7) is 0. The molecule has 0 bridgehead atoms. The topological polar surface area (TPSA) is 9.23 Å². The van der Waals surface area contributed by atoms with Crippen molar-refractivity contribution in [3.05, 3.63) is 216 Å². The van der Waals surface area contributed by atoms with Crippen LogP contribution in [0, 0.1) is 0 Å². The van der Waals surface area contributed by atoms with E-state index < -0.39 is 5.41 Å². The maximum atomic E-state index is 6.74. The fourth-order valence-corrected chi connectivity index (χ4v) is 9.13. The fourth-order valence-electron chi connectivity index (χ4n) is 8.12. The van der Waals surface area contributed by atoms with Crippen LogP contribution in [0.15, 0.2) is 194 Å². The summed E-state index contributed by atoms with van der Waals surface area (Å²) in [7, 11) is 0. The van der Waals surface area contributed by atoms with Gasteiger partial charge in [0.1, 0.15) is 11.5 Å². The Kier molecular flexibility index (Phi) is 6.97. The molecule has 10 rings (SSSR count). The summed E-state index contributed by atoms with van der Waals surface area (Å²) in [5.74, 6) is 1.78. The molecule has 0 radical (unpaired) electrons. The second-order valence-corrected chi connectivity index (χ2v) is 14.3. The zero-order valence-corrected chi connectivity index (χ0v) is 28.6. The standard InChI is InChI=1S/C49H32OS/c1-3-13-37(14-4-1)49(38-15-5-2-6-16-38)43-20-9-10-21-45(43)50-46-32-36(27-29-44(46)49)48-31-30-47(51-48)35-24-22-34(23-25-35)40-18-11-19-41-39-17-8-7-12-33(39)26-28-42(40)41/h1-32H. The summed E-state index contributed by atoms with van der Waals surface area (Å²) in [5.41, 5.74) is 9.09. The maximum Gasteiger partial charge on any atom is 0.132 e. The lowest BCUT2D eigenvalue weighted by molar-refractivity contribution is 0.435. The van der Waals surface area contributed by atoms with Crippen molar-refractivity contribution in [2.45, 2.75) is 5.41 Å². The second kappa shape index (κ2) is 12.0. The van der Waals surface area contributed by atoms with Crippen molar-refractivity contribution >= 4 is 32.9 Å². The van der Waals surface area contributed by atoms with E-state index in [1.165, 1.54) is 59.1 Å². The molecule has 0 N–H and O–H groups in total. The van der Waals surface area contributed by atoms with Crippen LogP contribution in [0.25, 0.3) is 53.6 Å². The Morgan fingerprint density at radius 1 is 0.373 bits per heavy atom. The lowest BCUT2D eigenvalue weighted by Gasteiger charge is -2.41. The molecule has 8 aromatic carbocycles. The molecule has 0 unspecified atom stereocenters. The molecule has 51 heavy (non-hydrogen) atoms. The highest BCUT2D eigenvalue weighted by Gasteiger charge is 2.45. The summed E-state index contributed by atoms with van der Waals surface area (Å²) < 4.78 is 6.74. The minimum absolute atomic E-state index is 0.509. The largest absolute Gasteiger partial charge is 0.457 e. The first-order chi connectivity index (χ1) is 25.3. The molecule has 240 valence electrons. The van der Waals surface area contributed by atoms with Gasteiger partial charge >= 0.3 is 0 Å². The smallest absolute Gasteiger partial charge is 0.132 e. The zero-order chi connectivity index (χ0) is 33.8. The van der Waals surface area contributed by atoms with E-state index >= 15 is 0 Å². The van der Waals surface area contributed by atoms with Crippen LogP contribution >= 0.6 is 11.3 Å². The number of thiophene rings is 1. The Hall–Kier alpha value is -6.22. The first-order valence-electron chi connectivity index (χ1n) is 17.4. The van der Waals surface area contributed by atoms with Crippen LogP contribution in [-0.2, 0) is 5.41 Å². The van der Waals surface area contributed by atoms with Gasteiger partial charge in [0.15, 0.2) is 0 Å². The Morgan fingerprint density at radius 2 is 0.980 bits per heavy atom. The van der Waals surface area contributed by atoms with Gasteiger partial charge in [-0.25, -0.2) is 0 Å². The normalized spacial score (nSPS) is 13.0. The Balaban J connectivity index is 1.02. The number of hydrogen-bond acceptors (Lipinski definition) is 2. The summed E-state index contributed by atoms with van der Waals surface area (Å²) in [5, 5.41) is 5.14. The quantitative estimate of drug-likeness (QED) is 0.166. The number of fused-ring (bicyclic) bond motifs is 5. The van der Waals surface area contributed by atoms with E-state index in [1.807, 2.05) is 11.3 Å². The number of para-hydroxylation sites is 1. The molecule has 2 heteroatoms. The molecule has 9 aromatic rings. The zero-order valence-electron chi connectivity index (χ0n) is 27.8. The molecule has 0 atom stereocenters. The average Bonchev–Trinajstić information content (AvgIpc) is 3.71. The van der Waals surface area contributed by atoms with Gasteiger partial charge in [-0.2, -0.15) is 0 Å². The Bertz CT molecular complexity index is 2670. The van der Waals surface area contributed by atoms with Gasteiger partial charge in [0, 0.05) is 20.9 Å². The molecular weight excluding hydrogens is 637 g/mol. The van der Waals surface area contributed by atoms with E-state index in [0.717, 1.165) is 28.2 Å². The van der Waals surface area contributed by atoms with E-state index in [0.29, 0.717) is 0 Å². The van der Waals surface area contributed by atoms with E-state index in [1.54, 1.807) is 0 Å². The Labute approximate surface area is 301 Å². The molecule has 0 saturated carbocycles. The van der Waals surface area contributed by atoms with E-state index in [2.05, 4.69) is 194 Å². The molecule has 1 aromatic heterocycles. The van der Waals surface area contributed by atoms with Crippen molar-refractivity contribution in [3.8, 4) is 43.5 Å². The molecule has 0 amide bonds. The molecule has 2 heterocycles. The highest BCUT2D eigenvalue weighted by atomic mass is 32.1. The molecule has 0 spiro atoms. The SMILES string of the molecule is c1ccc(C2(c3ccccc3)c3ccccc3Oc3cc(-c4ccc(-c5ccc(-c6cccc7c6ccc6ccccc67)cc5)s4)ccc32)cc1. The molecule has 0 aliphatic carbocycles. The van der Waals surface area contributed by atoms with Crippen molar-refractivity contribution in [2.24, 2.45) is 0 Å². The lowest BCUT2D eigenvalue weighted by Crippen LogP contribution is -2.34. The maximum absolute atomic E-state index is 6.74. The van der Waals surface area contributed by atoms with Crippen LogP contribution in [0.1, 0.15) is 22.3 Å². The second-order valence-electron chi connectivity index (χ2n) is 13.2. The van der Waals surface area contributed by atoms with E-state index in [9.17, 15) is 0 Å². The van der Waals surface area contributed by atoms with Crippen molar-refractivity contribution in [1.29, 1.82) is 0 Å². The first-order valence-corrected chi connectivity index (χ1v) is 18.2. The van der Waals surface area contributed by atoms with Crippen LogP contribution in [0.3, 0.4) is 0 Å². The third kappa shape index (κ3) is 4.75. The molecule has 0 saturated heterocycles. The first kappa shape index (κ1) is 29.7. The minimum atomic E-state index is -0.509. The minimum Gasteiger partial charge on any atom is -0.457 e. The van der Waals surface area contributed by atoms with Gasteiger partial charge in [-0.3, -0.25) is 0 Å². The highest BCUT2D eigenvalue weighted by molar-refractivity contribution is 7.18.